The minimum Gasteiger partial charge on any atom is -0.348 e. The molecule has 0 spiro atoms. The Labute approximate surface area is 223 Å². The number of fused-ring (bicyclic) bond motifs is 2. The molecule has 0 radical (unpaired) electrons. The highest BCUT2D eigenvalue weighted by Crippen LogP contribution is 2.62. The summed E-state index contributed by atoms with van der Waals surface area (Å²) in [5, 5.41) is 3.31. The average molecular weight is 532 g/mol. The van der Waals surface area contributed by atoms with E-state index in [1.807, 2.05) is 20.8 Å². The Hall–Kier alpha value is -1.93. The van der Waals surface area contributed by atoms with Crippen LogP contribution in [0.3, 0.4) is 0 Å². The number of rotatable bonds is 7. The van der Waals surface area contributed by atoms with Crippen LogP contribution in [0, 0.1) is 36.5 Å². The van der Waals surface area contributed by atoms with E-state index in [4.69, 9.17) is 0 Å². The van der Waals surface area contributed by atoms with Crippen molar-refractivity contribution in [3.05, 3.63) is 28.8 Å². The fourth-order valence-electron chi connectivity index (χ4n) is 7.40. The van der Waals surface area contributed by atoms with E-state index in [-0.39, 0.29) is 46.0 Å². The molecule has 1 heterocycles. The van der Waals surface area contributed by atoms with Crippen LogP contribution in [0.25, 0.3) is 0 Å². The molecule has 1 saturated heterocycles. The predicted molar refractivity (Wildman–Crippen MR) is 146 cm³/mol. The highest BCUT2D eigenvalue weighted by Gasteiger charge is 2.59. The lowest BCUT2D eigenvalue weighted by atomic mass is 9.68. The van der Waals surface area contributed by atoms with Crippen molar-refractivity contribution in [3.63, 3.8) is 0 Å². The summed E-state index contributed by atoms with van der Waals surface area (Å²) in [7, 11) is -3.86. The molecule has 2 bridgehead atoms. The fraction of sp³-hybridized carbons (Fsp3) is 0.724. The summed E-state index contributed by atoms with van der Waals surface area (Å²) in [5.74, 6) is 0.0780. The van der Waals surface area contributed by atoms with Gasteiger partial charge in [-0.25, -0.2) is 8.42 Å². The van der Waals surface area contributed by atoms with Gasteiger partial charge in [0.15, 0.2) is 0 Å². The molecule has 4 atom stereocenters. The maximum absolute atomic E-state index is 13.9. The van der Waals surface area contributed by atoms with Crippen molar-refractivity contribution in [2.45, 2.75) is 91.5 Å². The normalized spacial score (nSPS) is 29.3. The highest BCUT2D eigenvalue weighted by molar-refractivity contribution is 7.89. The topological polar surface area (TPSA) is 86.8 Å². The molecular formula is C29H45N3O4S. The number of nitrogens with one attached hydrogen (secondary N) is 1. The molecule has 3 fully saturated rings. The molecule has 1 aromatic rings. The second-order valence-corrected chi connectivity index (χ2v) is 14.4. The van der Waals surface area contributed by atoms with Gasteiger partial charge in [-0.05, 0) is 99.8 Å². The van der Waals surface area contributed by atoms with E-state index in [2.05, 4.69) is 26.1 Å². The van der Waals surface area contributed by atoms with Crippen LogP contribution in [0.2, 0.25) is 0 Å². The first kappa shape index (κ1) is 28.1. The molecule has 7 nitrogen and oxygen atoms in total. The first-order valence-corrected chi connectivity index (χ1v) is 15.4. The van der Waals surface area contributed by atoms with E-state index in [9.17, 15) is 18.0 Å². The fourth-order valence-corrected chi connectivity index (χ4v) is 9.25. The lowest BCUT2D eigenvalue weighted by Crippen LogP contribution is -2.52. The summed E-state index contributed by atoms with van der Waals surface area (Å²) in [6.07, 6.45) is 4.78. The molecule has 0 aromatic heterocycles. The summed E-state index contributed by atoms with van der Waals surface area (Å²) in [5.41, 5.74) is 1.91. The van der Waals surface area contributed by atoms with Gasteiger partial charge in [0.2, 0.25) is 15.9 Å². The zero-order valence-electron chi connectivity index (χ0n) is 23.7. The maximum Gasteiger partial charge on any atom is 0.251 e. The van der Waals surface area contributed by atoms with Crippen molar-refractivity contribution in [3.8, 4) is 0 Å². The van der Waals surface area contributed by atoms with E-state index >= 15 is 0 Å². The van der Waals surface area contributed by atoms with E-state index in [1.54, 1.807) is 24.0 Å². The summed E-state index contributed by atoms with van der Waals surface area (Å²) in [6, 6.07) is 3.40. The van der Waals surface area contributed by atoms with Gasteiger partial charge in [0, 0.05) is 37.8 Å². The number of aryl methyl sites for hydroxylation is 1. The van der Waals surface area contributed by atoms with Gasteiger partial charge in [-0.2, -0.15) is 4.31 Å². The van der Waals surface area contributed by atoms with Gasteiger partial charge < -0.3 is 10.2 Å². The summed E-state index contributed by atoms with van der Waals surface area (Å²) in [6.45, 7) is 16.1. The number of benzene rings is 1. The van der Waals surface area contributed by atoms with Crippen LogP contribution in [-0.2, 0) is 14.8 Å². The lowest BCUT2D eigenvalue weighted by Gasteiger charge is -2.43. The predicted octanol–water partition coefficient (Wildman–Crippen LogP) is 4.52. The Kier molecular flexibility index (Phi) is 7.58. The molecule has 4 rings (SSSR count). The standard InChI is InChI=1S/C29H45N3O4S/c1-8-31(9-2)26(34)21-11-10-14-32(18-21)37(35,36)24-16-22(15-19(3)20(24)4)25(33)30-27-28(5,6)23-12-13-29(27,7)17-23/h15-16,21,23,27H,8-14,17-18H2,1-7H3,(H,30,33)/t21?,23-,27?,29-/m1/s1. The van der Waals surface area contributed by atoms with Gasteiger partial charge >= 0.3 is 0 Å². The van der Waals surface area contributed by atoms with Gasteiger partial charge in [0.05, 0.1) is 10.8 Å². The molecule has 1 N–H and O–H groups in total. The van der Waals surface area contributed by atoms with Gasteiger partial charge in [-0.15, -0.1) is 0 Å². The number of hydrogen-bond donors (Lipinski definition) is 1. The molecule has 37 heavy (non-hydrogen) atoms. The molecule has 2 amide bonds. The molecule has 2 saturated carbocycles. The number of sulfonamides is 1. The third-order valence-corrected chi connectivity index (χ3v) is 11.8. The number of hydrogen-bond acceptors (Lipinski definition) is 4. The maximum atomic E-state index is 13.9. The largest absolute Gasteiger partial charge is 0.348 e. The molecule has 1 aliphatic heterocycles. The van der Waals surface area contributed by atoms with Gasteiger partial charge in [-0.1, -0.05) is 20.8 Å². The molecule has 2 aliphatic carbocycles. The minimum atomic E-state index is -3.86. The number of carbonyl (C=O) groups excluding carboxylic acids is 2. The van der Waals surface area contributed by atoms with Crippen molar-refractivity contribution in [1.29, 1.82) is 0 Å². The molecule has 2 unspecified atom stereocenters. The van der Waals surface area contributed by atoms with Crippen LogP contribution in [0.15, 0.2) is 17.0 Å². The number of piperidine rings is 1. The summed E-state index contributed by atoms with van der Waals surface area (Å²) in [4.78, 5) is 28.5. The van der Waals surface area contributed by atoms with E-state index < -0.39 is 10.0 Å². The molecule has 8 heteroatoms. The molecule has 206 valence electrons. The monoisotopic (exact) mass is 531 g/mol. The van der Waals surface area contributed by atoms with Crippen molar-refractivity contribution >= 4 is 21.8 Å². The summed E-state index contributed by atoms with van der Waals surface area (Å²) < 4.78 is 29.2. The van der Waals surface area contributed by atoms with Crippen molar-refractivity contribution in [2.24, 2.45) is 22.7 Å². The smallest absolute Gasteiger partial charge is 0.251 e. The van der Waals surface area contributed by atoms with Crippen LogP contribution in [0.4, 0.5) is 0 Å². The number of nitrogens with zero attached hydrogens (tertiary/aromatic N) is 2. The van der Waals surface area contributed by atoms with Crippen LogP contribution >= 0.6 is 0 Å². The van der Waals surface area contributed by atoms with Gasteiger partial charge in [0.1, 0.15) is 0 Å². The van der Waals surface area contributed by atoms with Crippen LogP contribution in [-0.4, -0.2) is 61.7 Å². The van der Waals surface area contributed by atoms with Crippen LogP contribution in [0.1, 0.15) is 88.2 Å². The second-order valence-electron chi connectivity index (χ2n) is 12.5. The summed E-state index contributed by atoms with van der Waals surface area (Å²) >= 11 is 0. The molecule has 1 aromatic carbocycles. The lowest BCUT2D eigenvalue weighted by molar-refractivity contribution is -0.136. The number of amides is 2. The van der Waals surface area contributed by atoms with E-state index in [0.29, 0.717) is 49.5 Å². The highest BCUT2D eigenvalue weighted by atomic mass is 32.2. The Morgan fingerprint density at radius 1 is 1.11 bits per heavy atom. The Balaban J connectivity index is 1.60. The molecular weight excluding hydrogens is 486 g/mol. The van der Waals surface area contributed by atoms with Crippen LogP contribution < -0.4 is 5.32 Å². The van der Waals surface area contributed by atoms with Crippen molar-refractivity contribution in [2.75, 3.05) is 26.2 Å². The van der Waals surface area contributed by atoms with E-state index in [0.717, 1.165) is 18.4 Å². The molecule has 3 aliphatic rings. The average Bonchev–Trinajstić information content (AvgIpc) is 3.34. The SMILES string of the molecule is CCN(CC)C(=O)C1CCCN(S(=O)(=O)c2cc(C(=O)NC3C(C)(C)[C@@H]4CC[C@]3(C)C4)cc(C)c2C)C1. The first-order valence-electron chi connectivity index (χ1n) is 14.0. The zero-order chi connectivity index (χ0) is 27.3. The van der Waals surface area contributed by atoms with Gasteiger partial charge in [0.25, 0.3) is 5.91 Å². The first-order chi connectivity index (χ1) is 17.3. The second kappa shape index (κ2) is 9.99. The Morgan fingerprint density at radius 2 is 1.78 bits per heavy atom. The van der Waals surface area contributed by atoms with E-state index in [1.165, 1.54) is 10.7 Å². The minimum absolute atomic E-state index is 0.0114. The Morgan fingerprint density at radius 3 is 2.38 bits per heavy atom. The third-order valence-electron chi connectivity index (χ3n) is 9.85. The zero-order valence-corrected chi connectivity index (χ0v) is 24.5. The Bertz CT molecular complexity index is 1170. The quantitative estimate of drug-likeness (QED) is 0.561. The van der Waals surface area contributed by atoms with Crippen LogP contribution in [0.5, 0.6) is 0 Å². The van der Waals surface area contributed by atoms with Gasteiger partial charge in [-0.3, -0.25) is 9.59 Å². The van der Waals surface area contributed by atoms with Crippen molar-refractivity contribution < 1.29 is 18.0 Å². The van der Waals surface area contributed by atoms with Crippen molar-refractivity contribution in [1.82, 2.24) is 14.5 Å². The third kappa shape index (κ3) is 4.84. The number of carbonyl (C=O) groups is 2.